The number of aliphatic imine (C=N–C) groups is 1. The Morgan fingerprint density at radius 2 is 2.12 bits per heavy atom. The number of furan rings is 1. The SMILES string of the molecule is CC(C)(C)[C@H]1CCc2c(sc(N=Cc3ccc(Sc4nc5ccccc5[nH]4)o3)c2C#N)C1. The van der Waals surface area contributed by atoms with Gasteiger partial charge in [-0.05, 0) is 72.2 Å². The highest BCUT2D eigenvalue weighted by molar-refractivity contribution is 7.99. The van der Waals surface area contributed by atoms with E-state index in [1.807, 2.05) is 36.4 Å². The Bertz CT molecular complexity index is 1310. The molecule has 5 rings (SSSR count). The summed E-state index contributed by atoms with van der Waals surface area (Å²) in [5, 5.41) is 12.1. The van der Waals surface area contributed by atoms with Crippen molar-refractivity contribution >= 4 is 45.3 Å². The molecule has 7 heteroatoms. The van der Waals surface area contributed by atoms with Crippen molar-refractivity contribution in [2.45, 2.75) is 50.3 Å². The van der Waals surface area contributed by atoms with Crippen LogP contribution in [-0.4, -0.2) is 16.2 Å². The van der Waals surface area contributed by atoms with E-state index in [2.05, 4.69) is 41.8 Å². The first-order valence-electron chi connectivity index (χ1n) is 10.7. The smallest absolute Gasteiger partial charge is 0.174 e. The van der Waals surface area contributed by atoms with Gasteiger partial charge in [0.05, 0.1) is 22.8 Å². The monoisotopic (exact) mass is 460 g/mol. The summed E-state index contributed by atoms with van der Waals surface area (Å²) in [5.74, 6) is 1.30. The molecule has 1 aliphatic rings. The van der Waals surface area contributed by atoms with Crippen LogP contribution in [0.5, 0.6) is 0 Å². The molecule has 1 N–H and O–H groups in total. The van der Waals surface area contributed by atoms with E-state index in [0.29, 0.717) is 11.7 Å². The summed E-state index contributed by atoms with van der Waals surface area (Å²) < 4.78 is 5.92. The number of thiophene rings is 1. The fourth-order valence-corrected chi connectivity index (χ4v) is 6.16. The van der Waals surface area contributed by atoms with Gasteiger partial charge in [0.25, 0.3) is 0 Å². The Morgan fingerprint density at radius 3 is 2.91 bits per heavy atom. The fourth-order valence-electron chi connectivity index (χ4n) is 4.17. The van der Waals surface area contributed by atoms with Gasteiger partial charge in [-0.2, -0.15) is 5.26 Å². The summed E-state index contributed by atoms with van der Waals surface area (Å²) in [5.41, 5.74) is 4.15. The largest absolute Gasteiger partial charge is 0.448 e. The number of nitrogens with one attached hydrogen (secondary N) is 1. The van der Waals surface area contributed by atoms with Crippen molar-refractivity contribution in [1.29, 1.82) is 5.26 Å². The Morgan fingerprint density at radius 1 is 1.28 bits per heavy atom. The normalized spacial score (nSPS) is 16.5. The second-order valence-corrected chi connectivity index (χ2v) is 11.3. The number of aromatic amines is 1. The van der Waals surface area contributed by atoms with Crippen molar-refractivity contribution in [1.82, 2.24) is 9.97 Å². The van der Waals surface area contributed by atoms with Crippen LogP contribution in [0.4, 0.5) is 5.00 Å². The van der Waals surface area contributed by atoms with E-state index in [1.54, 1.807) is 17.6 Å². The maximum Gasteiger partial charge on any atom is 0.174 e. The van der Waals surface area contributed by atoms with Gasteiger partial charge in [0, 0.05) is 4.88 Å². The molecule has 0 bridgehead atoms. The van der Waals surface area contributed by atoms with Gasteiger partial charge in [0.1, 0.15) is 16.8 Å². The minimum absolute atomic E-state index is 0.278. The minimum atomic E-state index is 0.278. The molecule has 1 atom stereocenters. The zero-order valence-corrected chi connectivity index (χ0v) is 19.9. The Labute approximate surface area is 195 Å². The van der Waals surface area contributed by atoms with Crippen LogP contribution in [0.1, 0.15) is 49.0 Å². The second-order valence-electron chi connectivity index (χ2n) is 9.18. The number of fused-ring (bicyclic) bond motifs is 2. The van der Waals surface area contributed by atoms with Gasteiger partial charge >= 0.3 is 0 Å². The van der Waals surface area contributed by atoms with Crippen molar-refractivity contribution in [3.05, 3.63) is 58.2 Å². The Kier molecular flexibility index (Phi) is 5.44. The number of aromatic nitrogens is 2. The van der Waals surface area contributed by atoms with Gasteiger partial charge in [-0.25, -0.2) is 9.98 Å². The van der Waals surface area contributed by atoms with Crippen molar-refractivity contribution < 1.29 is 4.42 Å². The summed E-state index contributed by atoms with van der Waals surface area (Å²) in [6.45, 7) is 6.91. The summed E-state index contributed by atoms with van der Waals surface area (Å²) in [7, 11) is 0. The molecule has 0 radical (unpaired) electrons. The standard InChI is InChI=1S/C25H24N4OS2/c1-25(2,3)15-8-10-17-18(13-26)23(31-21(17)12-15)27-14-16-9-11-22(30-16)32-24-28-19-6-4-5-7-20(19)29-24/h4-7,9,11,14-15H,8,10,12H2,1-3H3,(H,28,29)/t15-/m0/s1. The molecule has 0 spiro atoms. The first-order valence-corrected chi connectivity index (χ1v) is 12.3. The molecule has 1 aromatic carbocycles. The lowest BCUT2D eigenvalue weighted by Gasteiger charge is -2.33. The maximum absolute atomic E-state index is 9.76. The van der Waals surface area contributed by atoms with Crippen LogP contribution in [-0.2, 0) is 12.8 Å². The molecule has 0 saturated carbocycles. The number of hydrogen-bond donors (Lipinski definition) is 1. The molecule has 0 aliphatic heterocycles. The topological polar surface area (TPSA) is 78.0 Å². The van der Waals surface area contributed by atoms with Gasteiger partial charge in [0.2, 0.25) is 0 Å². The van der Waals surface area contributed by atoms with Crippen LogP contribution in [0.15, 0.2) is 56.1 Å². The number of hydrogen-bond acceptors (Lipinski definition) is 6. The lowest BCUT2D eigenvalue weighted by Crippen LogP contribution is -2.26. The molecule has 32 heavy (non-hydrogen) atoms. The molecule has 162 valence electrons. The molecular formula is C25H24N4OS2. The predicted molar refractivity (Wildman–Crippen MR) is 130 cm³/mol. The third-order valence-corrected chi connectivity index (χ3v) is 8.03. The van der Waals surface area contributed by atoms with Gasteiger partial charge in [-0.15, -0.1) is 11.3 Å². The van der Waals surface area contributed by atoms with Crippen LogP contribution in [0.25, 0.3) is 11.0 Å². The molecular weight excluding hydrogens is 436 g/mol. The molecule has 4 aromatic rings. The molecule has 5 nitrogen and oxygen atoms in total. The zero-order valence-electron chi connectivity index (χ0n) is 18.3. The molecule has 0 unspecified atom stereocenters. The average Bonchev–Trinajstić information content (AvgIpc) is 3.47. The van der Waals surface area contributed by atoms with Gasteiger partial charge in [-0.1, -0.05) is 32.9 Å². The lowest BCUT2D eigenvalue weighted by molar-refractivity contribution is 0.218. The minimum Gasteiger partial charge on any atom is -0.448 e. The van der Waals surface area contributed by atoms with E-state index < -0.39 is 0 Å². The maximum atomic E-state index is 9.76. The van der Waals surface area contributed by atoms with E-state index >= 15 is 0 Å². The number of H-pyrrole nitrogens is 1. The van der Waals surface area contributed by atoms with Crippen LogP contribution >= 0.6 is 23.1 Å². The number of nitriles is 1. The van der Waals surface area contributed by atoms with Gasteiger partial charge in [-0.3, -0.25) is 0 Å². The van der Waals surface area contributed by atoms with Crippen molar-refractivity contribution in [2.75, 3.05) is 0 Å². The molecule has 3 aromatic heterocycles. The first kappa shape index (κ1) is 21.0. The van der Waals surface area contributed by atoms with E-state index in [0.717, 1.165) is 51.1 Å². The number of rotatable bonds is 4. The first-order chi connectivity index (χ1) is 15.4. The summed E-state index contributed by atoms with van der Waals surface area (Å²) >= 11 is 3.10. The van der Waals surface area contributed by atoms with Crippen LogP contribution in [0.3, 0.4) is 0 Å². The predicted octanol–water partition coefficient (Wildman–Crippen LogP) is 7.14. The van der Waals surface area contributed by atoms with Crippen LogP contribution < -0.4 is 0 Å². The van der Waals surface area contributed by atoms with Gasteiger partial charge < -0.3 is 9.40 Å². The third kappa shape index (κ3) is 4.13. The highest BCUT2D eigenvalue weighted by atomic mass is 32.2. The van der Waals surface area contributed by atoms with E-state index in [9.17, 15) is 5.26 Å². The number of para-hydroxylation sites is 2. The van der Waals surface area contributed by atoms with E-state index in [4.69, 9.17) is 4.42 Å². The second kappa shape index (κ2) is 8.27. The summed E-state index contributed by atoms with van der Waals surface area (Å²) in [6.07, 6.45) is 4.84. The number of imidazole rings is 1. The molecule has 0 fully saturated rings. The van der Waals surface area contributed by atoms with Crippen LogP contribution in [0.2, 0.25) is 0 Å². The Balaban J connectivity index is 1.33. The van der Waals surface area contributed by atoms with Gasteiger partial charge in [0.15, 0.2) is 10.2 Å². The average molecular weight is 461 g/mol. The highest BCUT2D eigenvalue weighted by Crippen LogP contribution is 2.45. The van der Waals surface area contributed by atoms with Crippen LogP contribution in [0, 0.1) is 22.7 Å². The van der Waals surface area contributed by atoms with Crippen molar-refractivity contribution in [2.24, 2.45) is 16.3 Å². The van der Waals surface area contributed by atoms with E-state index in [-0.39, 0.29) is 5.41 Å². The summed E-state index contributed by atoms with van der Waals surface area (Å²) in [4.78, 5) is 13.8. The van der Waals surface area contributed by atoms with E-state index in [1.165, 1.54) is 22.2 Å². The molecule has 1 aliphatic carbocycles. The van der Waals surface area contributed by atoms with Crippen molar-refractivity contribution in [3.63, 3.8) is 0 Å². The zero-order chi connectivity index (χ0) is 22.3. The summed E-state index contributed by atoms with van der Waals surface area (Å²) in [6, 6.07) is 14.1. The third-order valence-electron chi connectivity index (χ3n) is 6.06. The molecule has 0 amide bonds. The molecule has 3 heterocycles. The quantitative estimate of drug-likeness (QED) is 0.328. The lowest BCUT2D eigenvalue weighted by atomic mass is 9.72. The number of benzene rings is 1. The highest BCUT2D eigenvalue weighted by Gasteiger charge is 2.32. The number of nitrogens with zero attached hydrogens (tertiary/aromatic N) is 3. The fraction of sp³-hybridized carbons (Fsp3) is 0.320. The molecule has 0 saturated heterocycles. The van der Waals surface area contributed by atoms with Crippen molar-refractivity contribution in [3.8, 4) is 6.07 Å². The Hall–Kier alpha value is -2.82.